The van der Waals surface area contributed by atoms with Gasteiger partial charge in [-0.25, -0.2) is 0 Å². The predicted molar refractivity (Wildman–Crippen MR) is 110 cm³/mol. The van der Waals surface area contributed by atoms with Crippen LogP contribution in [-0.2, 0) is 10.9 Å². The van der Waals surface area contributed by atoms with Gasteiger partial charge in [0, 0.05) is 6.61 Å². The van der Waals surface area contributed by atoms with Gasteiger partial charge in [0.2, 0.25) is 0 Å². The zero-order chi connectivity index (χ0) is 20.4. The Bertz CT molecular complexity index is 645. The highest BCUT2D eigenvalue weighted by atomic mass is 19.4. The Morgan fingerprint density at radius 3 is 1.93 bits per heavy atom. The predicted octanol–water partition coefficient (Wildman–Crippen LogP) is 7.60. The molecule has 4 unspecified atom stereocenters. The molecule has 1 aromatic carbocycles. The third-order valence-electron chi connectivity index (χ3n) is 8.15. The van der Waals surface area contributed by atoms with Crippen molar-refractivity contribution in [2.75, 3.05) is 6.61 Å². The molecule has 0 saturated heterocycles. The summed E-state index contributed by atoms with van der Waals surface area (Å²) in [6, 6.07) is 5.96. The summed E-state index contributed by atoms with van der Waals surface area (Å²) in [7, 11) is 0. The highest BCUT2D eigenvalue weighted by Crippen LogP contribution is 2.50. The third kappa shape index (κ3) is 5.00. The molecule has 0 amide bonds. The summed E-state index contributed by atoms with van der Waals surface area (Å²) in [5.41, 5.74) is 0.572. The molecule has 29 heavy (non-hydrogen) atoms. The lowest BCUT2D eigenvalue weighted by Crippen LogP contribution is -2.35. The van der Waals surface area contributed by atoms with Crippen LogP contribution in [0.4, 0.5) is 13.2 Å². The van der Waals surface area contributed by atoms with Crippen LogP contribution in [0.2, 0.25) is 0 Å². The first-order valence-electron chi connectivity index (χ1n) is 11.7. The molecule has 3 aliphatic carbocycles. The molecular weight excluding hydrogens is 373 g/mol. The van der Waals surface area contributed by atoms with E-state index in [0.29, 0.717) is 12.0 Å². The van der Waals surface area contributed by atoms with Gasteiger partial charge < -0.3 is 4.74 Å². The Hall–Kier alpha value is -1.03. The van der Waals surface area contributed by atoms with Gasteiger partial charge in [-0.2, -0.15) is 13.2 Å². The maximum atomic E-state index is 12.8. The van der Waals surface area contributed by atoms with Crippen molar-refractivity contribution in [1.82, 2.24) is 0 Å². The highest BCUT2D eigenvalue weighted by Gasteiger charge is 2.39. The zero-order valence-corrected chi connectivity index (χ0v) is 17.6. The Kier molecular flexibility index (Phi) is 6.58. The van der Waals surface area contributed by atoms with E-state index in [0.717, 1.165) is 42.3 Å². The smallest absolute Gasteiger partial charge is 0.379 e. The molecule has 0 N–H and O–H groups in total. The van der Waals surface area contributed by atoms with Crippen molar-refractivity contribution in [3.05, 3.63) is 35.4 Å². The number of halogens is 3. The Morgan fingerprint density at radius 1 is 0.759 bits per heavy atom. The average Bonchev–Trinajstić information content (AvgIpc) is 2.73. The van der Waals surface area contributed by atoms with Gasteiger partial charge in [0.15, 0.2) is 0 Å². The molecule has 0 bridgehead atoms. The number of hydrogen-bond donors (Lipinski definition) is 0. The molecule has 4 rings (SSSR count). The maximum absolute atomic E-state index is 12.8. The third-order valence-corrected chi connectivity index (χ3v) is 8.15. The molecule has 162 valence electrons. The van der Waals surface area contributed by atoms with Gasteiger partial charge in [-0.15, -0.1) is 0 Å². The summed E-state index contributed by atoms with van der Waals surface area (Å²) in [5.74, 6) is 3.83. The topological polar surface area (TPSA) is 9.23 Å². The lowest BCUT2D eigenvalue weighted by Gasteiger charge is -2.45. The second-order valence-electron chi connectivity index (χ2n) is 9.72. The highest BCUT2D eigenvalue weighted by molar-refractivity contribution is 5.27. The normalized spacial score (nSPS) is 35.9. The van der Waals surface area contributed by atoms with Crippen LogP contribution >= 0.6 is 0 Å². The van der Waals surface area contributed by atoms with Gasteiger partial charge in [0.05, 0.1) is 11.7 Å². The van der Waals surface area contributed by atoms with E-state index < -0.39 is 11.7 Å². The van der Waals surface area contributed by atoms with Crippen LogP contribution in [0.3, 0.4) is 0 Å². The first-order valence-corrected chi connectivity index (χ1v) is 11.7. The van der Waals surface area contributed by atoms with Crippen molar-refractivity contribution in [3.8, 4) is 0 Å². The fourth-order valence-corrected chi connectivity index (χ4v) is 6.56. The molecule has 0 aromatic heterocycles. The molecule has 1 nitrogen and oxygen atoms in total. The van der Waals surface area contributed by atoms with E-state index in [1.54, 1.807) is 12.1 Å². The van der Waals surface area contributed by atoms with Crippen LogP contribution in [0.15, 0.2) is 24.3 Å². The van der Waals surface area contributed by atoms with E-state index in [9.17, 15) is 13.2 Å². The standard InChI is InChI=1S/C25H35F3O/c1-2-29-24-13-9-18(10-14-24)20-4-6-21-15-19(3-5-22(21)16-20)17-7-11-23(12-8-17)25(26,27)28/h7-8,11-12,18-22,24H,2-6,9-10,13-16H2,1H3. The van der Waals surface area contributed by atoms with Crippen molar-refractivity contribution in [2.45, 2.75) is 89.3 Å². The van der Waals surface area contributed by atoms with Gasteiger partial charge in [0.1, 0.15) is 0 Å². The van der Waals surface area contributed by atoms with Crippen LogP contribution in [0.25, 0.3) is 0 Å². The number of rotatable bonds is 4. The molecule has 0 spiro atoms. The average molecular weight is 409 g/mol. The quantitative estimate of drug-likeness (QED) is 0.498. The molecule has 4 heteroatoms. The lowest BCUT2D eigenvalue weighted by atomic mass is 9.60. The molecule has 3 aliphatic rings. The first kappa shape index (κ1) is 21.2. The van der Waals surface area contributed by atoms with Gasteiger partial charge in [-0.1, -0.05) is 12.1 Å². The van der Waals surface area contributed by atoms with Crippen molar-refractivity contribution >= 4 is 0 Å². The van der Waals surface area contributed by atoms with E-state index >= 15 is 0 Å². The Labute approximate surface area is 173 Å². The molecule has 0 radical (unpaired) electrons. The molecule has 0 aliphatic heterocycles. The van der Waals surface area contributed by atoms with Gasteiger partial charge in [-0.3, -0.25) is 0 Å². The van der Waals surface area contributed by atoms with Crippen molar-refractivity contribution in [2.24, 2.45) is 23.7 Å². The Balaban J connectivity index is 1.29. The fraction of sp³-hybridized carbons (Fsp3) is 0.760. The minimum atomic E-state index is -4.24. The second-order valence-corrected chi connectivity index (χ2v) is 9.72. The van der Waals surface area contributed by atoms with Crippen LogP contribution < -0.4 is 0 Å². The molecule has 0 heterocycles. The largest absolute Gasteiger partial charge is 0.416 e. The second kappa shape index (κ2) is 8.99. The summed E-state index contributed by atoms with van der Waals surface area (Å²) in [4.78, 5) is 0. The number of benzene rings is 1. The molecule has 1 aromatic rings. The van der Waals surface area contributed by atoms with Crippen LogP contribution in [0, 0.1) is 23.7 Å². The van der Waals surface area contributed by atoms with E-state index in [4.69, 9.17) is 4.74 Å². The molecule has 4 atom stereocenters. The SMILES string of the molecule is CCOC1CCC(C2CCC3CC(c4ccc(C(F)(F)F)cc4)CCC3C2)CC1. The van der Waals surface area contributed by atoms with Crippen LogP contribution in [-0.4, -0.2) is 12.7 Å². The van der Waals surface area contributed by atoms with Gasteiger partial charge >= 0.3 is 6.18 Å². The number of alkyl halides is 3. The first-order chi connectivity index (χ1) is 13.9. The maximum Gasteiger partial charge on any atom is 0.416 e. The van der Waals surface area contributed by atoms with Crippen LogP contribution in [0.5, 0.6) is 0 Å². The van der Waals surface area contributed by atoms with Crippen molar-refractivity contribution in [3.63, 3.8) is 0 Å². The summed E-state index contributed by atoms with van der Waals surface area (Å²) in [6.07, 6.45) is 9.00. The minimum absolute atomic E-state index is 0.441. The summed E-state index contributed by atoms with van der Waals surface area (Å²) in [6.45, 7) is 2.93. The number of fused-ring (bicyclic) bond motifs is 1. The molecule has 3 fully saturated rings. The summed E-state index contributed by atoms with van der Waals surface area (Å²) in [5, 5.41) is 0. The summed E-state index contributed by atoms with van der Waals surface area (Å²) < 4.78 is 44.3. The van der Waals surface area contributed by atoms with E-state index in [2.05, 4.69) is 6.92 Å². The van der Waals surface area contributed by atoms with Crippen LogP contribution in [0.1, 0.15) is 88.2 Å². The lowest BCUT2D eigenvalue weighted by molar-refractivity contribution is -0.137. The fourth-order valence-electron chi connectivity index (χ4n) is 6.56. The van der Waals surface area contributed by atoms with Crippen molar-refractivity contribution < 1.29 is 17.9 Å². The summed E-state index contributed by atoms with van der Waals surface area (Å²) >= 11 is 0. The molecular formula is C25H35F3O. The minimum Gasteiger partial charge on any atom is -0.379 e. The van der Waals surface area contributed by atoms with E-state index in [1.807, 2.05) is 0 Å². The monoisotopic (exact) mass is 408 g/mol. The van der Waals surface area contributed by atoms with E-state index in [1.165, 1.54) is 69.9 Å². The number of hydrogen-bond acceptors (Lipinski definition) is 1. The molecule has 3 saturated carbocycles. The zero-order valence-electron chi connectivity index (χ0n) is 17.6. The van der Waals surface area contributed by atoms with Crippen molar-refractivity contribution in [1.29, 1.82) is 0 Å². The van der Waals surface area contributed by atoms with Gasteiger partial charge in [-0.05, 0) is 118 Å². The number of ether oxygens (including phenoxy) is 1. The van der Waals surface area contributed by atoms with Gasteiger partial charge in [0.25, 0.3) is 0 Å². The van der Waals surface area contributed by atoms with E-state index in [-0.39, 0.29) is 0 Å². The Morgan fingerprint density at radius 2 is 1.31 bits per heavy atom.